The quantitative estimate of drug-likeness (QED) is 0.280. The highest BCUT2D eigenvalue weighted by Crippen LogP contribution is 2.21. The Morgan fingerprint density at radius 3 is 2.00 bits per heavy atom. The number of ether oxygens (including phenoxy) is 5. The van der Waals surface area contributed by atoms with Crippen molar-refractivity contribution in [3.63, 3.8) is 0 Å². The maximum atomic E-state index is 11.2. The Morgan fingerprint density at radius 1 is 0.920 bits per heavy atom. The van der Waals surface area contributed by atoms with Crippen molar-refractivity contribution in [2.45, 2.75) is 58.7 Å². The van der Waals surface area contributed by atoms with Crippen LogP contribution in [0.4, 0.5) is 0 Å². The normalized spacial score (nSPS) is 22.2. The molecule has 1 aliphatic rings. The largest absolute Gasteiger partial charge is 0.463 e. The third-order valence-corrected chi connectivity index (χ3v) is 3.00. The predicted octanol–water partition coefficient (Wildman–Crippen LogP) is 0.647. The Kier molecular flexibility index (Phi) is 8.06. The van der Waals surface area contributed by atoms with Crippen LogP contribution in [0.5, 0.6) is 0 Å². The Labute approximate surface area is 145 Å². The topological polar surface area (TPSA) is 114 Å². The first kappa shape index (κ1) is 20.6. The molecule has 9 heteroatoms. The highest BCUT2D eigenvalue weighted by atomic mass is 16.7. The van der Waals surface area contributed by atoms with Crippen LogP contribution in [-0.2, 0) is 42.9 Å². The van der Waals surface area contributed by atoms with Crippen LogP contribution in [0.2, 0.25) is 0 Å². The number of hydrogen-bond acceptors (Lipinski definition) is 9. The van der Waals surface area contributed by atoms with Gasteiger partial charge in [0.15, 0.2) is 0 Å². The van der Waals surface area contributed by atoms with Gasteiger partial charge in [-0.25, -0.2) is 0 Å². The van der Waals surface area contributed by atoms with E-state index < -0.39 is 48.5 Å². The van der Waals surface area contributed by atoms with Crippen LogP contribution in [-0.4, -0.2) is 55.1 Å². The Balaban J connectivity index is 2.78. The summed E-state index contributed by atoms with van der Waals surface area (Å²) in [6.07, 6.45) is 0.0339. The summed E-state index contributed by atoms with van der Waals surface area (Å²) < 4.78 is 25.6. The van der Waals surface area contributed by atoms with Gasteiger partial charge in [-0.3, -0.25) is 19.2 Å². The fraction of sp³-hybridized carbons (Fsp3) is 0.625. The minimum atomic E-state index is -1.12. The summed E-state index contributed by atoms with van der Waals surface area (Å²) in [4.78, 5) is 44.4. The van der Waals surface area contributed by atoms with Crippen LogP contribution in [0, 0.1) is 0 Å². The van der Waals surface area contributed by atoms with E-state index in [0.29, 0.717) is 0 Å². The van der Waals surface area contributed by atoms with Gasteiger partial charge in [0.25, 0.3) is 0 Å². The standard InChI is InChI=1S/C16H22O9/c1-9(17)21-8-15-14(22-10(2)18)6-5-13(25-15)7-16(23-11(3)19)24-12(4)20/h5-6,13-16H,7-8H2,1-4H3/t13-,14-,15+/m0/s1. The number of esters is 4. The zero-order chi connectivity index (χ0) is 19.0. The summed E-state index contributed by atoms with van der Waals surface area (Å²) in [5.74, 6) is -2.24. The molecule has 25 heavy (non-hydrogen) atoms. The van der Waals surface area contributed by atoms with Gasteiger partial charge in [0, 0.05) is 27.7 Å². The van der Waals surface area contributed by atoms with Crippen molar-refractivity contribution in [2.75, 3.05) is 6.61 Å². The SMILES string of the molecule is CC(=O)OC[C@H]1O[C@H](CC(OC(C)=O)OC(C)=O)C=C[C@@H]1OC(C)=O. The van der Waals surface area contributed by atoms with E-state index in [4.69, 9.17) is 23.7 Å². The molecule has 0 bridgehead atoms. The van der Waals surface area contributed by atoms with E-state index >= 15 is 0 Å². The number of carbonyl (C=O) groups excluding carboxylic acids is 4. The fourth-order valence-corrected chi connectivity index (χ4v) is 2.16. The van der Waals surface area contributed by atoms with Gasteiger partial charge in [-0.15, -0.1) is 0 Å². The van der Waals surface area contributed by atoms with Gasteiger partial charge < -0.3 is 23.7 Å². The van der Waals surface area contributed by atoms with Gasteiger partial charge in [0.05, 0.1) is 12.5 Å². The van der Waals surface area contributed by atoms with Gasteiger partial charge in [-0.05, 0) is 6.08 Å². The summed E-state index contributed by atoms with van der Waals surface area (Å²) in [5.41, 5.74) is 0. The van der Waals surface area contributed by atoms with Crippen LogP contribution >= 0.6 is 0 Å². The van der Waals surface area contributed by atoms with E-state index in [0.717, 1.165) is 0 Å². The second kappa shape index (κ2) is 9.77. The van der Waals surface area contributed by atoms with Crippen molar-refractivity contribution in [3.05, 3.63) is 12.2 Å². The molecule has 0 N–H and O–H groups in total. The highest BCUT2D eigenvalue weighted by molar-refractivity contribution is 5.68. The third-order valence-electron chi connectivity index (χ3n) is 3.00. The smallest absolute Gasteiger partial charge is 0.305 e. The molecule has 0 aromatic heterocycles. The fourth-order valence-electron chi connectivity index (χ4n) is 2.16. The molecule has 0 aromatic carbocycles. The van der Waals surface area contributed by atoms with Gasteiger partial charge in [-0.2, -0.15) is 0 Å². The lowest BCUT2D eigenvalue weighted by atomic mass is 10.1. The first-order valence-electron chi connectivity index (χ1n) is 7.66. The highest BCUT2D eigenvalue weighted by Gasteiger charge is 2.32. The molecular weight excluding hydrogens is 336 g/mol. The number of hydrogen-bond donors (Lipinski definition) is 0. The minimum Gasteiger partial charge on any atom is -0.463 e. The third kappa shape index (κ3) is 8.30. The molecule has 0 saturated carbocycles. The lowest BCUT2D eigenvalue weighted by molar-refractivity contribution is -0.195. The van der Waals surface area contributed by atoms with E-state index in [1.54, 1.807) is 12.2 Å². The molecule has 1 rings (SSSR count). The molecule has 0 aromatic rings. The lowest BCUT2D eigenvalue weighted by Gasteiger charge is -2.32. The Morgan fingerprint density at radius 2 is 1.52 bits per heavy atom. The van der Waals surface area contributed by atoms with E-state index in [2.05, 4.69) is 0 Å². The molecule has 1 heterocycles. The van der Waals surface area contributed by atoms with Crippen molar-refractivity contribution in [1.82, 2.24) is 0 Å². The molecule has 140 valence electrons. The van der Waals surface area contributed by atoms with Crippen molar-refractivity contribution < 1.29 is 42.9 Å². The molecule has 0 aliphatic carbocycles. The first-order chi connectivity index (χ1) is 11.7. The Bertz CT molecular complexity index is 524. The molecule has 0 spiro atoms. The first-order valence-corrected chi connectivity index (χ1v) is 7.66. The average molecular weight is 358 g/mol. The van der Waals surface area contributed by atoms with Crippen molar-refractivity contribution in [1.29, 1.82) is 0 Å². The summed E-state index contributed by atoms with van der Waals surface area (Å²) in [6, 6.07) is 0. The molecular formula is C16H22O9. The molecule has 0 unspecified atom stereocenters. The Hall–Kier alpha value is -2.42. The summed E-state index contributed by atoms with van der Waals surface area (Å²) >= 11 is 0. The second-order valence-electron chi connectivity index (χ2n) is 5.36. The van der Waals surface area contributed by atoms with Crippen molar-refractivity contribution >= 4 is 23.9 Å². The van der Waals surface area contributed by atoms with Gasteiger partial charge >= 0.3 is 23.9 Å². The van der Waals surface area contributed by atoms with E-state index in [1.807, 2.05) is 0 Å². The minimum absolute atomic E-state index is 0.0407. The summed E-state index contributed by atoms with van der Waals surface area (Å²) in [6.45, 7) is 4.75. The molecule has 0 saturated heterocycles. The van der Waals surface area contributed by atoms with E-state index in [9.17, 15) is 19.2 Å². The van der Waals surface area contributed by atoms with Gasteiger partial charge in [-0.1, -0.05) is 6.08 Å². The second-order valence-corrected chi connectivity index (χ2v) is 5.36. The van der Waals surface area contributed by atoms with Crippen LogP contribution in [0.15, 0.2) is 12.2 Å². The molecule has 3 atom stereocenters. The molecule has 1 aliphatic heterocycles. The molecule has 9 nitrogen and oxygen atoms in total. The predicted molar refractivity (Wildman–Crippen MR) is 81.9 cm³/mol. The zero-order valence-corrected chi connectivity index (χ0v) is 14.6. The maximum absolute atomic E-state index is 11.2. The molecule has 0 radical (unpaired) electrons. The van der Waals surface area contributed by atoms with Crippen molar-refractivity contribution in [2.24, 2.45) is 0 Å². The van der Waals surface area contributed by atoms with Gasteiger partial charge in [0.2, 0.25) is 6.29 Å². The lowest BCUT2D eigenvalue weighted by Crippen LogP contribution is -2.42. The van der Waals surface area contributed by atoms with Crippen LogP contribution in [0.3, 0.4) is 0 Å². The van der Waals surface area contributed by atoms with E-state index in [1.165, 1.54) is 27.7 Å². The van der Waals surface area contributed by atoms with Crippen LogP contribution in [0.1, 0.15) is 34.1 Å². The molecule has 0 fully saturated rings. The van der Waals surface area contributed by atoms with Crippen LogP contribution in [0.25, 0.3) is 0 Å². The summed E-state index contributed by atoms with van der Waals surface area (Å²) in [7, 11) is 0. The summed E-state index contributed by atoms with van der Waals surface area (Å²) in [5, 5.41) is 0. The van der Waals surface area contributed by atoms with Crippen LogP contribution < -0.4 is 0 Å². The number of rotatable bonds is 7. The monoisotopic (exact) mass is 358 g/mol. The number of carbonyl (C=O) groups is 4. The zero-order valence-electron chi connectivity index (χ0n) is 14.6. The van der Waals surface area contributed by atoms with Crippen molar-refractivity contribution in [3.8, 4) is 0 Å². The van der Waals surface area contributed by atoms with Gasteiger partial charge in [0.1, 0.15) is 18.8 Å². The average Bonchev–Trinajstić information content (AvgIpc) is 2.45. The maximum Gasteiger partial charge on any atom is 0.305 e. The molecule has 0 amide bonds. The van der Waals surface area contributed by atoms with E-state index in [-0.39, 0.29) is 13.0 Å².